The fourth-order valence-corrected chi connectivity index (χ4v) is 1.96. The van der Waals surface area contributed by atoms with Crippen molar-refractivity contribution in [1.29, 1.82) is 0 Å². The van der Waals surface area contributed by atoms with Crippen LogP contribution in [0.25, 0.3) is 0 Å². The Hall–Kier alpha value is -2.05. The Kier molecular flexibility index (Phi) is 3.73. The molecule has 0 radical (unpaired) electrons. The van der Waals surface area contributed by atoms with Crippen LogP contribution in [0.2, 0.25) is 0 Å². The number of carbonyl (C=O) groups excluding carboxylic acids is 2. The van der Waals surface area contributed by atoms with Gasteiger partial charge in [-0.05, 0) is 12.8 Å². The number of imidazole rings is 1. The third-order valence-electron chi connectivity index (χ3n) is 3.06. The zero-order chi connectivity index (χ0) is 14.0. The monoisotopic (exact) mass is 267 g/mol. The van der Waals surface area contributed by atoms with E-state index in [0.717, 1.165) is 12.8 Å². The van der Waals surface area contributed by atoms with Gasteiger partial charge in [-0.15, -0.1) is 0 Å². The second-order valence-corrected chi connectivity index (χ2v) is 4.65. The van der Waals surface area contributed by atoms with Gasteiger partial charge in [0.25, 0.3) is 0 Å². The van der Waals surface area contributed by atoms with E-state index in [2.05, 4.69) is 10.1 Å². The van der Waals surface area contributed by atoms with Crippen molar-refractivity contribution in [3.8, 4) is 0 Å². The molecule has 0 aliphatic heterocycles. The fraction of sp³-hybridized carbons (Fsp3) is 0.583. The van der Waals surface area contributed by atoms with Crippen molar-refractivity contribution < 1.29 is 14.3 Å². The quantitative estimate of drug-likeness (QED) is 0.740. The zero-order valence-electron chi connectivity index (χ0n) is 11.0. The van der Waals surface area contributed by atoms with Crippen LogP contribution in [0.3, 0.4) is 0 Å². The molecule has 1 unspecified atom stereocenters. The molecule has 1 atom stereocenters. The average molecular weight is 267 g/mol. The van der Waals surface area contributed by atoms with Gasteiger partial charge in [-0.2, -0.15) is 0 Å². The second kappa shape index (κ2) is 5.29. The zero-order valence-corrected chi connectivity index (χ0v) is 11.0. The van der Waals surface area contributed by atoms with Gasteiger partial charge in [-0.1, -0.05) is 0 Å². The maximum absolute atomic E-state index is 12.0. The Labute approximate surface area is 110 Å². The van der Waals surface area contributed by atoms with Crippen LogP contribution in [-0.2, 0) is 20.9 Å². The number of aromatic nitrogens is 2. The molecule has 104 valence electrons. The summed E-state index contributed by atoms with van der Waals surface area (Å²) in [6, 6.07) is -0.568. The SMILES string of the molecule is COC(=O)C(Cn1ccn(C2CC2)c1=O)NC(C)=O. The molecular formula is C12H17N3O4. The highest BCUT2D eigenvalue weighted by Gasteiger charge is 2.27. The Morgan fingerprint density at radius 2 is 2.16 bits per heavy atom. The highest BCUT2D eigenvalue weighted by Crippen LogP contribution is 2.33. The van der Waals surface area contributed by atoms with Crippen LogP contribution in [0, 0.1) is 0 Å². The number of nitrogens with zero attached hydrogens (tertiary/aromatic N) is 2. The maximum Gasteiger partial charge on any atom is 0.330 e. The van der Waals surface area contributed by atoms with E-state index in [9.17, 15) is 14.4 Å². The third kappa shape index (κ3) is 3.04. The lowest BCUT2D eigenvalue weighted by atomic mass is 10.3. The van der Waals surface area contributed by atoms with Crippen LogP contribution in [0.15, 0.2) is 17.2 Å². The number of amides is 1. The maximum atomic E-state index is 12.0. The van der Waals surface area contributed by atoms with Gasteiger partial charge in [-0.25, -0.2) is 9.59 Å². The molecule has 1 aromatic rings. The Balaban J connectivity index is 2.14. The average Bonchev–Trinajstić information content (AvgIpc) is 3.14. The van der Waals surface area contributed by atoms with Gasteiger partial charge < -0.3 is 10.1 Å². The van der Waals surface area contributed by atoms with Crippen LogP contribution in [0.5, 0.6) is 0 Å². The minimum Gasteiger partial charge on any atom is -0.467 e. The fourth-order valence-electron chi connectivity index (χ4n) is 1.96. The van der Waals surface area contributed by atoms with E-state index < -0.39 is 12.0 Å². The lowest BCUT2D eigenvalue weighted by Crippen LogP contribution is -2.45. The molecule has 1 aliphatic carbocycles. The van der Waals surface area contributed by atoms with Crippen molar-refractivity contribution in [2.45, 2.75) is 38.4 Å². The van der Waals surface area contributed by atoms with E-state index in [1.165, 1.54) is 18.6 Å². The van der Waals surface area contributed by atoms with E-state index in [4.69, 9.17) is 0 Å². The lowest BCUT2D eigenvalue weighted by molar-refractivity contribution is -0.145. The molecule has 0 aromatic carbocycles. The van der Waals surface area contributed by atoms with E-state index >= 15 is 0 Å². The first kappa shape index (κ1) is 13.4. The van der Waals surface area contributed by atoms with Gasteiger partial charge in [0.1, 0.15) is 6.04 Å². The summed E-state index contributed by atoms with van der Waals surface area (Å²) >= 11 is 0. The number of carbonyl (C=O) groups is 2. The van der Waals surface area contributed by atoms with Crippen molar-refractivity contribution >= 4 is 11.9 Å². The van der Waals surface area contributed by atoms with E-state index in [1.807, 2.05) is 0 Å². The number of ether oxygens (including phenoxy) is 1. The minimum absolute atomic E-state index is 0.0742. The predicted molar refractivity (Wildman–Crippen MR) is 66.6 cm³/mol. The topological polar surface area (TPSA) is 82.3 Å². The molecule has 7 nitrogen and oxygen atoms in total. The van der Waals surface area contributed by atoms with Gasteiger partial charge in [0.2, 0.25) is 5.91 Å². The number of hydrogen-bond acceptors (Lipinski definition) is 4. The predicted octanol–water partition coefficient (Wildman–Crippen LogP) is -0.338. The summed E-state index contributed by atoms with van der Waals surface area (Å²) in [6.07, 6.45) is 5.35. The first-order valence-electron chi connectivity index (χ1n) is 6.15. The number of rotatable bonds is 5. The first-order valence-corrected chi connectivity index (χ1v) is 6.15. The number of esters is 1. The molecule has 0 saturated heterocycles. The molecule has 1 amide bonds. The smallest absolute Gasteiger partial charge is 0.330 e. The van der Waals surface area contributed by atoms with E-state index in [-0.39, 0.29) is 24.2 Å². The van der Waals surface area contributed by atoms with Gasteiger partial charge >= 0.3 is 11.7 Å². The van der Waals surface area contributed by atoms with Crippen LogP contribution in [-0.4, -0.2) is 34.2 Å². The van der Waals surface area contributed by atoms with E-state index in [0.29, 0.717) is 0 Å². The van der Waals surface area contributed by atoms with Crippen LogP contribution in [0.1, 0.15) is 25.8 Å². The van der Waals surface area contributed by atoms with Crippen molar-refractivity contribution in [2.24, 2.45) is 0 Å². The minimum atomic E-state index is -0.852. The first-order chi connectivity index (χ1) is 9.02. The molecule has 1 saturated carbocycles. The van der Waals surface area contributed by atoms with E-state index in [1.54, 1.807) is 17.0 Å². The molecule has 1 heterocycles. The lowest BCUT2D eigenvalue weighted by Gasteiger charge is -2.15. The molecule has 0 bridgehead atoms. The standard InChI is InChI=1S/C12H17N3O4/c1-8(16)13-10(11(17)19-2)7-14-5-6-15(12(14)18)9-3-4-9/h5-6,9-10H,3-4,7H2,1-2H3,(H,13,16). The summed E-state index contributed by atoms with van der Waals surface area (Å²) in [4.78, 5) is 34.7. The molecule has 2 rings (SSSR count). The highest BCUT2D eigenvalue weighted by molar-refractivity contribution is 5.83. The number of hydrogen-bond donors (Lipinski definition) is 1. The normalized spacial score (nSPS) is 15.9. The summed E-state index contributed by atoms with van der Waals surface area (Å²) in [5.41, 5.74) is -0.165. The van der Waals surface area contributed by atoms with Crippen LogP contribution >= 0.6 is 0 Å². The van der Waals surface area contributed by atoms with Crippen LogP contribution < -0.4 is 11.0 Å². The summed E-state index contributed by atoms with van der Waals surface area (Å²) in [5, 5.41) is 2.48. The largest absolute Gasteiger partial charge is 0.467 e. The molecule has 0 spiro atoms. The molecular weight excluding hydrogens is 250 g/mol. The van der Waals surface area contributed by atoms with Gasteiger partial charge in [0.15, 0.2) is 0 Å². The molecule has 1 aliphatic rings. The van der Waals surface area contributed by atoms with Gasteiger partial charge in [0, 0.05) is 25.4 Å². The van der Waals surface area contributed by atoms with Crippen molar-refractivity contribution in [1.82, 2.24) is 14.5 Å². The highest BCUT2D eigenvalue weighted by atomic mass is 16.5. The molecule has 1 N–H and O–H groups in total. The van der Waals surface area contributed by atoms with Crippen LogP contribution in [0.4, 0.5) is 0 Å². The molecule has 19 heavy (non-hydrogen) atoms. The molecule has 1 aromatic heterocycles. The summed E-state index contributed by atoms with van der Waals surface area (Å²) < 4.78 is 7.68. The Morgan fingerprint density at radius 1 is 1.47 bits per heavy atom. The van der Waals surface area contributed by atoms with Gasteiger partial charge in [-0.3, -0.25) is 13.9 Å². The second-order valence-electron chi connectivity index (χ2n) is 4.65. The van der Waals surface area contributed by atoms with Crippen molar-refractivity contribution in [3.05, 3.63) is 22.9 Å². The van der Waals surface area contributed by atoms with Crippen molar-refractivity contribution in [3.63, 3.8) is 0 Å². The van der Waals surface area contributed by atoms with Crippen molar-refractivity contribution in [2.75, 3.05) is 7.11 Å². The summed E-state index contributed by atoms with van der Waals surface area (Å²) in [6.45, 7) is 1.39. The summed E-state index contributed by atoms with van der Waals surface area (Å²) in [5.74, 6) is -0.911. The summed E-state index contributed by atoms with van der Waals surface area (Å²) in [7, 11) is 1.25. The molecule has 1 fully saturated rings. The Morgan fingerprint density at radius 3 is 2.68 bits per heavy atom. The Bertz CT molecular complexity index is 541. The number of methoxy groups -OCH3 is 1. The third-order valence-corrected chi connectivity index (χ3v) is 3.06. The van der Waals surface area contributed by atoms with Gasteiger partial charge in [0.05, 0.1) is 13.7 Å². The number of nitrogens with one attached hydrogen (secondary N) is 1. The molecule has 7 heteroatoms.